The molecule has 88 valence electrons. The summed E-state index contributed by atoms with van der Waals surface area (Å²) in [4.78, 5) is 2.95. The van der Waals surface area contributed by atoms with Crippen LogP contribution in [0, 0.1) is 13.8 Å². The minimum atomic E-state index is 0.477. The molecule has 2 heteroatoms. The van der Waals surface area contributed by atoms with Crippen LogP contribution in [0.25, 0.3) is 0 Å². The van der Waals surface area contributed by atoms with E-state index in [0.29, 0.717) is 6.04 Å². The van der Waals surface area contributed by atoms with E-state index in [2.05, 4.69) is 38.2 Å². The first-order valence-electron chi connectivity index (χ1n) is 6.21. The number of aryl methyl sites for hydroxylation is 2. The number of thiophene rings is 1. The van der Waals surface area contributed by atoms with Crippen LogP contribution in [-0.2, 0) is 0 Å². The van der Waals surface area contributed by atoms with E-state index in [9.17, 15) is 0 Å². The first kappa shape index (κ1) is 11.9. The van der Waals surface area contributed by atoms with Gasteiger partial charge in [0, 0.05) is 9.75 Å². The molecule has 0 aromatic carbocycles. The fraction of sp³-hybridized carbons (Fsp3) is 0.571. The highest BCUT2D eigenvalue weighted by molar-refractivity contribution is 7.12. The molecule has 1 heterocycles. The second kappa shape index (κ2) is 5.15. The summed E-state index contributed by atoms with van der Waals surface area (Å²) in [6.45, 7) is 7.66. The Kier molecular flexibility index (Phi) is 3.82. The van der Waals surface area contributed by atoms with Crippen LogP contribution in [-0.4, -0.2) is 6.54 Å². The molecule has 1 nitrogen and oxygen atoms in total. The molecular weight excluding hydrogens is 214 g/mol. The van der Waals surface area contributed by atoms with Gasteiger partial charge in [0.1, 0.15) is 0 Å². The molecular formula is C14H21NS. The molecule has 0 fully saturated rings. The quantitative estimate of drug-likeness (QED) is 0.774. The summed E-state index contributed by atoms with van der Waals surface area (Å²) >= 11 is 1.95. The van der Waals surface area contributed by atoms with Crippen LogP contribution in [0.5, 0.6) is 0 Å². The molecule has 1 aromatic heterocycles. The summed E-state index contributed by atoms with van der Waals surface area (Å²) in [5.74, 6) is 0. The van der Waals surface area contributed by atoms with Gasteiger partial charge in [-0.15, -0.1) is 11.3 Å². The average Bonchev–Trinajstić information content (AvgIpc) is 2.86. The highest BCUT2D eigenvalue weighted by atomic mass is 32.1. The lowest BCUT2D eigenvalue weighted by Crippen LogP contribution is -2.21. The summed E-state index contributed by atoms with van der Waals surface area (Å²) in [6.07, 6.45) is 6.30. The number of allylic oxidation sites excluding steroid dienone is 1. The molecule has 2 rings (SSSR count). The predicted octanol–water partition coefficient (Wildman–Crippen LogP) is 4.13. The van der Waals surface area contributed by atoms with Crippen LogP contribution in [0.3, 0.4) is 0 Å². The lowest BCUT2D eigenvalue weighted by atomic mass is 10.0. The Bertz CT molecular complexity index is 370. The molecule has 0 amide bonds. The maximum atomic E-state index is 3.62. The fourth-order valence-electron chi connectivity index (χ4n) is 2.32. The van der Waals surface area contributed by atoms with Crippen molar-refractivity contribution in [2.45, 2.75) is 46.1 Å². The van der Waals surface area contributed by atoms with Crippen molar-refractivity contribution in [3.05, 3.63) is 33.0 Å². The Labute approximate surface area is 103 Å². The van der Waals surface area contributed by atoms with E-state index < -0.39 is 0 Å². The van der Waals surface area contributed by atoms with Gasteiger partial charge in [-0.3, -0.25) is 0 Å². The van der Waals surface area contributed by atoms with E-state index in [4.69, 9.17) is 0 Å². The van der Waals surface area contributed by atoms with Gasteiger partial charge in [-0.25, -0.2) is 0 Å². The van der Waals surface area contributed by atoms with Gasteiger partial charge in [0.15, 0.2) is 0 Å². The number of nitrogens with one attached hydrogen (secondary N) is 1. The zero-order valence-corrected chi connectivity index (χ0v) is 11.3. The third-order valence-corrected chi connectivity index (χ3v) is 4.54. The summed E-state index contributed by atoms with van der Waals surface area (Å²) in [7, 11) is 0. The SMILES string of the molecule is CCNC(C1=CCCC1)c1cc(C)c(C)s1. The van der Waals surface area contributed by atoms with Crippen molar-refractivity contribution in [2.24, 2.45) is 0 Å². The third kappa shape index (κ3) is 2.38. The molecule has 0 saturated heterocycles. The van der Waals surface area contributed by atoms with Crippen molar-refractivity contribution < 1.29 is 0 Å². The van der Waals surface area contributed by atoms with Crippen molar-refractivity contribution in [1.29, 1.82) is 0 Å². The molecule has 1 N–H and O–H groups in total. The van der Waals surface area contributed by atoms with Crippen LogP contribution in [0.15, 0.2) is 17.7 Å². The van der Waals surface area contributed by atoms with Crippen LogP contribution in [0.2, 0.25) is 0 Å². The topological polar surface area (TPSA) is 12.0 Å². The highest BCUT2D eigenvalue weighted by Gasteiger charge is 2.20. The molecule has 1 unspecified atom stereocenters. The van der Waals surface area contributed by atoms with E-state index in [1.807, 2.05) is 11.3 Å². The monoisotopic (exact) mass is 235 g/mol. The van der Waals surface area contributed by atoms with Crippen molar-refractivity contribution in [2.75, 3.05) is 6.54 Å². The average molecular weight is 235 g/mol. The lowest BCUT2D eigenvalue weighted by molar-refractivity contribution is 0.613. The smallest absolute Gasteiger partial charge is 0.0630 e. The summed E-state index contributed by atoms with van der Waals surface area (Å²) in [6, 6.07) is 2.83. The molecule has 1 aliphatic rings. The summed E-state index contributed by atoms with van der Waals surface area (Å²) in [5.41, 5.74) is 3.03. The molecule has 1 aromatic rings. The first-order chi connectivity index (χ1) is 7.72. The van der Waals surface area contributed by atoms with Crippen molar-refractivity contribution in [1.82, 2.24) is 5.32 Å². The molecule has 0 radical (unpaired) electrons. The second-order valence-corrected chi connectivity index (χ2v) is 5.84. The predicted molar refractivity (Wildman–Crippen MR) is 72.1 cm³/mol. The van der Waals surface area contributed by atoms with Crippen molar-refractivity contribution >= 4 is 11.3 Å². The van der Waals surface area contributed by atoms with Gasteiger partial charge in [-0.1, -0.05) is 18.6 Å². The van der Waals surface area contributed by atoms with Crippen LogP contribution in [0.4, 0.5) is 0 Å². The molecule has 16 heavy (non-hydrogen) atoms. The Morgan fingerprint density at radius 2 is 2.25 bits per heavy atom. The Hall–Kier alpha value is -0.600. The third-order valence-electron chi connectivity index (χ3n) is 3.32. The highest BCUT2D eigenvalue weighted by Crippen LogP contribution is 2.35. The normalized spacial score (nSPS) is 17.6. The van der Waals surface area contributed by atoms with Crippen LogP contribution >= 0.6 is 11.3 Å². The molecule has 0 saturated carbocycles. The maximum absolute atomic E-state index is 3.62. The minimum Gasteiger partial charge on any atom is -0.306 e. The van der Waals surface area contributed by atoms with E-state index in [1.54, 1.807) is 5.57 Å². The van der Waals surface area contributed by atoms with Crippen LogP contribution < -0.4 is 5.32 Å². The first-order valence-corrected chi connectivity index (χ1v) is 7.03. The van der Waals surface area contributed by atoms with Gasteiger partial charge in [-0.05, 0) is 51.3 Å². The minimum absolute atomic E-state index is 0.477. The maximum Gasteiger partial charge on any atom is 0.0630 e. The van der Waals surface area contributed by atoms with Gasteiger partial charge in [0.2, 0.25) is 0 Å². The fourth-order valence-corrected chi connectivity index (χ4v) is 3.48. The van der Waals surface area contributed by atoms with Gasteiger partial charge in [0.25, 0.3) is 0 Å². The Balaban J connectivity index is 2.24. The van der Waals surface area contributed by atoms with Crippen molar-refractivity contribution in [3.8, 4) is 0 Å². The number of hydrogen-bond acceptors (Lipinski definition) is 2. The summed E-state index contributed by atoms with van der Waals surface area (Å²) in [5, 5.41) is 3.62. The van der Waals surface area contributed by atoms with Gasteiger partial charge in [-0.2, -0.15) is 0 Å². The van der Waals surface area contributed by atoms with Crippen molar-refractivity contribution in [3.63, 3.8) is 0 Å². The molecule has 0 bridgehead atoms. The van der Waals surface area contributed by atoms with E-state index in [-0.39, 0.29) is 0 Å². The van der Waals surface area contributed by atoms with Gasteiger partial charge in [0.05, 0.1) is 6.04 Å². The van der Waals surface area contributed by atoms with Crippen LogP contribution in [0.1, 0.15) is 47.5 Å². The summed E-state index contributed by atoms with van der Waals surface area (Å²) < 4.78 is 0. The van der Waals surface area contributed by atoms with Gasteiger partial charge >= 0.3 is 0 Å². The molecule has 1 aliphatic carbocycles. The molecule has 1 atom stereocenters. The number of likely N-dealkylation sites (N-methyl/N-ethyl adjacent to an activating group) is 1. The number of hydrogen-bond donors (Lipinski definition) is 1. The lowest BCUT2D eigenvalue weighted by Gasteiger charge is -2.18. The second-order valence-electron chi connectivity index (χ2n) is 4.55. The zero-order chi connectivity index (χ0) is 11.5. The van der Waals surface area contributed by atoms with Gasteiger partial charge < -0.3 is 5.32 Å². The van der Waals surface area contributed by atoms with E-state index >= 15 is 0 Å². The standard InChI is InChI=1S/C14H21NS/c1-4-15-14(12-7-5-6-8-12)13-9-10(2)11(3)16-13/h7,9,14-15H,4-6,8H2,1-3H3. The Morgan fingerprint density at radius 3 is 2.75 bits per heavy atom. The molecule has 0 spiro atoms. The molecule has 0 aliphatic heterocycles. The number of rotatable bonds is 4. The van der Waals surface area contributed by atoms with E-state index in [1.165, 1.54) is 34.6 Å². The Morgan fingerprint density at radius 1 is 1.44 bits per heavy atom. The zero-order valence-electron chi connectivity index (χ0n) is 10.5. The van der Waals surface area contributed by atoms with E-state index in [0.717, 1.165) is 6.54 Å². The largest absolute Gasteiger partial charge is 0.306 e.